The van der Waals surface area contributed by atoms with Crippen molar-refractivity contribution in [3.8, 4) is 0 Å². The highest BCUT2D eigenvalue weighted by Crippen LogP contribution is 2.22. The molecule has 1 aromatic carbocycles. The Balaban J connectivity index is 2.46. The van der Waals surface area contributed by atoms with Crippen LogP contribution in [0.15, 0.2) is 30.5 Å². The molecule has 6 nitrogen and oxygen atoms in total. The van der Waals surface area contributed by atoms with Crippen LogP contribution in [0.3, 0.4) is 0 Å². The van der Waals surface area contributed by atoms with Crippen LogP contribution in [0.4, 0.5) is 5.82 Å². The number of anilines is 1. The van der Waals surface area contributed by atoms with Crippen LogP contribution >= 0.6 is 0 Å². The largest absolute Gasteiger partial charge is 0.480 e. The smallest absolute Gasteiger partial charge is 0.335 e. The van der Waals surface area contributed by atoms with Gasteiger partial charge in [-0.25, -0.2) is 9.78 Å². The first-order valence-electron chi connectivity index (χ1n) is 5.60. The highest BCUT2D eigenvalue weighted by atomic mass is 16.4. The van der Waals surface area contributed by atoms with E-state index >= 15 is 0 Å². The standard InChI is InChI=1S/C13H12N2O4/c1-7(12(16)17)15-11-10-3-2-9(13(18)19)6-8(10)4-5-14-11/h2-7H,1H3,(H,14,15)(H,16,17)(H,18,19). The number of nitrogens with zero attached hydrogens (tertiary/aromatic N) is 1. The zero-order chi connectivity index (χ0) is 14.0. The second-order valence-electron chi connectivity index (χ2n) is 4.10. The maximum absolute atomic E-state index is 10.9. The second-order valence-corrected chi connectivity index (χ2v) is 4.10. The average molecular weight is 260 g/mol. The molecule has 2 aromatic rings. The van der Waals surface area contributed by atoms with Gasteiger partial charge in [0.05, 0.1) is 5.56 Å². The van der Waals surface area contributed by atoms with E-state index in [0.717, 1.165) is 0 Å². The van der Waals surface area contributed by atoms with Crippen molar-refractivity contribution in [1.29, 1.82) is 0 Å². The van der Waals surface area contributed by atoms with Crippen LogP contribution in [0.5, 0.6) is 0 Å². The van der Waals surface area contributed by atoms with Gasteiger partial charge in [0, 0.05) is 11.6 Å². The number of fused-ring (bicyclic) bond motifs is 1. The van der Waals surface area contributed by atoms with E-state index in [1.54, 1.807) is 12.1 Å². The summed E-state index contributed by atoms with van der Waals surface area (Å²) in [6, 6.07) is 5.50. The molecule has 98 valence electrons. The van der Waals surface area contributed by atoms with Crippen LogP contribution in [0.1, 0.15) is 17.3 Å². The van der Waals surface area contributed by atoms with Crippen molar-refractivity contribution >= 4 is 28.5 Å². The minimum Gasteiger partial charge on any atom is -0.480 e. The maximum atomic E-state index is 10.9. The summed E-state index contributed by atoms with van der Waals surface area (Å²) >= 11 is 0. The summed E-state index contributed by atoms with van der Waals surface area (Å²) in [7, 11) is 0. The predicted molar refractivity (Wildman–Crippen MR) is 69.4 cm³/mol. The van der Waals surface area contributed by atoms with Crippen molar-refractivity contribution in [3.05, 3.63) is 36.0 Å². The molecule has 0 radical (unpaired) electrons. The molecule has 0 amide bonds. The third kappa shape index (κ3) is 2.62. The number of carbonyl (C=O) groups is 2. The predicted octanol–water partition coefficient (Wildman–Crippen LogP) is 1.82. The first-order chi connectivity index (χ1) is 8.99. The third-order valence-corrected chi connectivity index (χ3v) is 2.74. The van der Waals surface area contributed by atoms with Crippen LogP contribution in [0.25, 0.3) is 10.8 Å². The van der Waals surface area contributed by atoms with Crippen molar-refractivity contribution in [3.63, 3.8) is 0 Å². The van der Waals surface area contributed by atoms with E-state index in [0.29, 0.717) is 16.6 Å². The molecule has 0 aliphatic heterocycles. The first kappa shape index (κ1) is 12.8. The Hall–Kier alpha value is -2.63. The third-order valence-electron chi connectivity index (χ3n) is 2.74. The molecule has 1 aromatic heterocycles. The number of hydrogen-bond acceptors (Lipinski definition) is 4. The second kappa shape index (κ2) is 4.93. The van der Waals surface area contributed by atoms with Gasteiger partial charge in [0.1, 0.15) is 11.9 Å². The summed E-state index contributed by atoms with van der Waals surface area (Å²) < 4.78 is 0. The Kier molecular flexibility index (Phi) is 3.33. The van der Waals surface area contributed by atoms with Gasteiger partial charge in [-0.15, -0.1) is 0 Å². The van der Waals surface area contributed by atoms with Crippen molar-refractivity contribution in [2.45, 2.75) is 13.0 Å². The van der Waals surface area contributed by atoms with Crippen LogP contribution < -0.4 is 5.32 Å². The molecule has 0 saturated carbocycles. The number of carboxylic acid groups (broad SMARTS) is 2. The molecular weight excluding hydrogens is 248 g/mol. The van der Waals surface area contributed by atoms with Gasteiger partial charge in [0.25, 0.3) is 0 Å². The fourth-order valence-electron chi connectivity index (χ4n) is 1.69. The zero-order valence-corrected chi connectivity index (χ0v) is 10.1. The normalized spacial score (nSPS) is 12.1. The number of hydrogen-bond donors (Lipinski definition) is 3. The molecule has 0 bridgehead atoms. The van der Waals surface area contributed by atoms with Crippen LogP contribution in [0, 0.1) is 0 Å². The number of aliphatic carboxylic acids is 1. The molecule has 19 heavy (non-hydrogen) atoms. The molecule has 0 saturated heterocycles. The quantitative estimate of drug-likeness (QED) is 0.775. The van der Waals surface area contributed by atoms with Gasteiger partial charge in [0.15, 0.2) is 0 Å². The topological polar surface area (TPSA) is 99.5 Å². The van der Waals surface area contributed by atoms with Crippen LogP contribution in [-0.2, 0) is 4.79 Å². The number of aromatic carboxylic acids is 1. The number of rotatable bonds is 4. The summed E-state index contributed by atoms with van der Waals surface area (Å²) in [4.78, 5) is 25.8. The van der Waals surface area contributed by atoms with Gasteiger partial charge in [-0.05, 0) is 36.6 Å². The van der Waals surface area contributed by atoms with E-state index in [1.807, 2.05) is 0 Å². The Morgan fingerprint density at radius 3 is 2.63 bits per heavy atom. The molecule has 0 aliphatic rings. The van der Waals surface area contributed by atoms with Gasteiger partial charge < -0.3 is 15.5 Å². The van der Waals surface area contributed by atoms with Crippen molar-refractivity contribution in [1.82, 2.24) is 4.98 Å². The number of pyridine rings is 1. The molecule has 1 atom stereocenters. The number of benzene rings is 1. The first-order valence-corrected chi connectivity index (χ1v) is 5.60. The summed E-state index contributed by atoms with van der Waals surface area (Å²) in [5.41, 5.74) is 0.177. The summed E-state index contributed by atoms with van der Waals surface area (Å²) in [5, 5.41) is 21.9. The Morgan fingerprint density at radius 1 is 1.26 bits per heavy atom. The number of carboxylic acids is 2. The highest BCUT2D eigenvalue weighted by molar-refractivity contribution is 5.98. The van der Waals surface area contributed by atoms with Crippen LogP contribution in [0.2, 0.25) is 0 Å². The average Bonchev–Trinajstić information content (AvgIpc) is 2.38. The Morgan fingerprint density at radius 2 is 2.00 bits per heavy atom. The lowest BCUT2D eigenvalue weighted by Crippen LogP contribution is -2.25. The van der Waals surface area contributed by atoms with Crippen molar-refractivity contribution in [2.75, 3.05) is 5.32 Å². The number of nitrogens with one attached hydrogen (secondary N) is 1. The molecule has 0 aliphatic carbocycles. The van der Waals surface area contributed by atoms with E-state index in [4.69, 9.17) is 10.2 Å². The molecule has 1 unspecified atom stereocenters. The minimum absolute atomic E-state index is 0.177. The van der Waals surface area contributed by atoms with E-state index < -0.39 is 18.0 Å². The highest BCUT2D eigenvalue weighted by Gasteiger charge is 2.13. The van der Waals surface area contributed by atoms with Crippen LogP contribution in [-0.4, -0.2) is 33.2 Å². The van der Waals surface area contributed by atoms with E-state index in [9.17, 15) is 9.59 Å². The molecule has 6 heteroatoms. The van der Waals surface area contributed by atoms with E-state index in [2.05, 4.69) is 10.3 Å². The Labute approximate surface area is 108 Å². The summed E-state index contributed by atoms with van der Waals surface area (Å²) in [6.45, 7) is 1.51. The molecule has 2 rings (SSSR count). The fraction of sp³-hybridized carbons (Fsp3) is 0.154. The monoisotopic (exact) mass is 260 g/mol. The van der Waals surface area contributed by atoms with Gasteiger partial charge in [0.2, 0.25) is 0 Å². The molecular formula is C13H12N2O4. The summed E-state index contributed by atoms with van der Waals surface area (Å²) in [6.07, 6.45) is 1.50. The summed E-state index contributed by atoms with van der Waals surface area (Å²) in [5.74, 6) is -1.57. The lowest BCUT2D eigenvalue weighted by Gasteiger charge is -2.12. The van der Waals surface area contributed by atoms with Gasteiger partial charge in [-0.2, -0.15) is 0 Å². The lowest BCUT2D eigenvalue weighted by molar-refractivity contribution is -0.137. The molecule has 0 spiro atoms. The van der Waals surface area contributed by atoms with E-state index in [1.165, 1.54) is 25.3 Å². The lowest BCUT2D eigenvalue weighted by atomic mass is 10.1. The van der Waals surface area contributed by atoms with Crippen molar-refractivity contribution in [2.24, 2.45) is 0 Å². The maximum Gasteiger partial charge on any atom is 0.335 e. The molecule has 0 fully saturated rings. The fourth-order valence-corrected chi connectivity index (χ4v) is 1.69. The van der Waals surface area contributed by atoms with E-state index in [-0.39, 0.29) is 5.56 Å². The molecule has 1 heterocycles. The SMILES string of the molecule is CC(Nc1nccc2cc(C(=O)O)ccc12)C(=O)O. The number of aromatic nitrogens is 1. The molecule has 3 N–H and O–H groups in total. The zero-order valence-electron chi connectivity index (χ0n) is 10.1. The van der Waals surface area contributed by atoms with Gasteiger partial charge >= 0.3 is 11.9 Å². The van der Waals surface area contributed by atoms with Gasteiger partial charge in [-0.3, -0.25) is 4.79 Å². The Bertz CT molecular complexity index is 654. The van der Waals surface area contributed by atoms with Crippen molar-refractivity contribution < 1.29 is 19.8 Å². The van der Waals surface area contributed by atoms with Gasteiger partial charge in [-0.1, -0.05) is 0 Å². The minimum atomic E-state index is -1.01.